The van der Waals surface area contributed by atoms with E-state index in [4.69, 9.17) is 29.0 Å². The smallest absolute Gasteiger partial charge is 0.338 e. The fourth-order valence-electron chi connectivity index (χ4n) is 4.68. The Morgan fingerprint density at radius 3 is 2.17 bits per heavy atom. The lowest BCUT2D eigenvalue weighted by Crippen LogP contribution is -2.42. The van der Waals surface area contributed by atoms with Crippen LogP contribution >= 0.6 is 0 Å². The second-order valence-electron chi connectivity index (χ2n) is 10.9. The highest BCUT2D eigenvalue weighted by Gasteiger charge is 2.54. The average Bonchev–Trinajstić information content (AvgIpc) is 3.37. The summed E-state index contributed by atoms with van der Waals surface area (Å²) in [7, 11) is 1.30. The van der Waals surface area contributed by atoms with Crippen LogP contribution in [0.2, 0.25) is 0 Å². The van der Waals surface area contributed by atoms with Crippen LogP contribution in [0, 0.1) is 0 Å². The molecule has 1 heterocycles. The molecule has 0 saturated carbocycles. The molecule has 1 N–H and O–H groups in total. The summed E-state index contributed by atoms with van der Waals surface area (Å²) in [5, 5.41) is 8.99. The number of esters is 2. The fourth-order valence-corrected chi connectivity index (χ4v) is 4.68. The molecule has 3 aromatic carbocycles. The van der Waals surface area contributed by atoms with Crippen LogP contribution < -0.4 is 4.74 Å². The van der Waals surface area contributed by atoms with Crippen LogP contribution in [-0.4, -0.2) is 54.4 Å². The Hall–Kier alpha value is -4.17. The minimum atomic E-state index is -1.51. The number of aliphatic hydroxyl groups is 1. The summed E-state index contributed by atoms with van der Waals surface area (Å²) in [4.78, 5) is 31.0. The molecule has 8 nitrogen and oxygen atoms in total. The van der Waals surface area contributed by atoms with Crippen molar-refractivity contribution in [1.29, 1.82) is 0 Å². The lowest BCUT2D eigenvalue weighted by molar-refractivity contribution is -0.157. The van der Waals surface area contributed by atoms with Crippen LogP contribution in [0.15, 0.2) is 83.9 Å². The summed E-state index contributed by atoms with van der Waals surface area (Å²) in [5.41, 5.74) is 1.28. The lowest BCUT2D eigenvalue weighted by atomic mass is 9.84. The first-order valence-electron chi connectivity index (χ1n) is 13.7. The van der Waals surface area contributed by atoms with Crippen LogP contribution in [0.5, 0.6) is 5.75 Å². The Morgan fingerprint density at radius 2 is 1.56 bits per heavy atom. The minimum Gasteiger partial charge on any atom is -0.494 e. The van der Waals surface area contributed by atoms with E-state index >= 15 is 0 Å². The first kappa shape index (κ1) is 29.8. The number of methoxy groups -OCH3 is 1. The van der Waals surface area contributed by atoms with Crippen molar-refractivity contribution in [1.82, 2.24) is 0 Å². The Balaban J connectivity index is 1.69. The van der Waals surface area contributed by atoms with Gasteiger partial charge in [0.1, 0.15) is 11.4 Å². The maximum absolute atomic E-state index is 13.5. The molecule has 0 fully saturated rings. The fraction of sp³-hybridized carbons (Fsp3) is 0.364. The zero-order valence-electron chi connectivity index (χ0n) is 24.0. The van der Waals surface area contributed by atoms with E-state index in [1.807, 2.05) is 54.6 Å². The van der Waals surface area contributed by atoms with E-state index in [1.54, 1.807) is 45.0 Å². The van der Waals surface area contributed by atoms with Gasteiger partial charge in [-0.1, -0.05) is 54.6 Å². The Labute approximate surface area is 240 Å². The maximum atomic E-state index is 13.5. The molecule has 0 bridgehead atoms. The van der Waals surface area contributed by atoms with Gasteiger partial charge in [-0.15, -0.1) is 0 Å². The molecule has 0 unspecified atom stereocenters. The monoisotopic (exact) mass is 559 g/mol. The molecule has 0 radical (unpaired) electrons. The number of rotatable bonds is 11. The molecule has 1 aliphatic rings. The van der Waals surface area contributed by atoms with Crippen molar-refractivity contribution in [3.05, 3.63) is 90.0 Å². The normalized spacial score (nSPS) is 18.3. The standard InChI is InChI=1S/C33H37NO7/c1-32(2,3)41-28(36)19-20-33(31(37)38-4)29(25-13-11-24(12-14-25)23-9-6-5-7-10-23)40-30(34-33)26-15-17-27(18-16-26)39-22-8-21-35/h5-7,9-18,29,35H,8,19-22H2,1-4H3/t29-,33-/m1/s1. The molecule has 4 rings (SSSR count). The van der Waals surface area contributed by atoms with Gasteiger partial charge < -0.3 is 24.1 Å². The maximum Gasteiger partial charge on any atom is 0.338 e. The lowest BCUT2D eigenvalue weighted by Gasteiger charge is -2.29. The highest BCUT2D eigenvalue weighted by Crippen LogP contribution is 2.44. The molecule has 2 atom stereocenters. The number of hydrogen-bond donors (Lipinski definition) is 1. The molecule has 0 aliphatic carbocycles. The van der Waals surface area contributed by atoms with E-state index in [9.17, 15) is 9.59 Å². The Kier molecular flexibility index (Phi) is 9.45. The van der Waals surface area contributed by atoms with Gasteiger partial charge in [0.15, 0.2) is 6.10 Å². The summed E-state index contributed by atoms with van der Waals surface area (Å²) >= 11 is 0. The third-order valence-electron chi connectivity index (χ3n) is 6.63. The van der Waals surface area contributed by atoms with Crippen molar-refractivity contribution in [2.45, 2.75) is 57.3 Å². The van der Waals surface area contributed by atoms with E-state index in [2.05, 4.69) is 0 Å². The Morgan fingerprint density at radius 1 is 0.927 bits per heavy atom. The van der Waals surface area contributed by atoms with Gasteiger partial charge in [-0.25, -0.2) is 9.79 Å². The summed E-state index contributed by atoms with van der Waals surface area (Å²) in [6.07, 6.45) is -0.326. The first-order chi connectivity index (χ1) is 19.6. The zero-order chi connectivity index (χ0) is 29.5. The van der Waals surface area contributed by atoms with Crippen molar-refractivity contribution in [3.63, 3.8) is 0 Å². The van der Waals surface area contributed by atoms with Crippen LogP contribution in [0.4, 0.5) is 0 Å². The van der Waals surface area contributed by atoms with Gasteiger partial charge >= 0.3 is 11.9 Å². The Bertz CT molecular complexity index is 1350. The van der Waals surface area contributed by atoms with Gasteiger partial charge in [0.2, 0.25) is 11.4 Å². The van der Waals surface area contributed by atoms with E-state index in [-0.39, 0.29) is 25.3 Å². The molecule has 0 spiro atoms. The SMILES string of the molecule is COC(=O)[C@]1(CCC(=O)OC(C)(C)C)N=C(c2ccc(OCCCO)cc2)O[C@@H]1c1ccc(-c2ccccc2)cc1. The van der Waals surface area contributed by atoms with Gasteiger partial charge in [0.05, 0.1) is 13.7 Å². The molecule has 0 amide bonds. The number of carbonyl (C=O) groups is 2. The van der Waals surface area contributed by atoms with Gasteiger partial charge in [-0.2, -0.15) is 0 Å². The number of ether oxygens (including phenoxy) is 4. The van der Waals surface area contributed by atoms with Crippen molar-refractivity contribution in [2.75, 3.05) is 20.3 Å². The summed E-state index contributed by atoms with van der Waals surface area (Å²) < 4.78 is 22.8. The second kappa shape index (κ2) is 13.0. The summed E-state index contributed by atoms with van der Waals surface area (Å²) in [6.45, 7) is 5.83. The average molecular weight is 560 g/mol. The topological polar surface area (TPSA) is 104 Å². The third kappa shape index (κ3) is 7.32. The number of hydrogen-bond acceptors (Lipinski definition) is 8. The highest BCUT2D eigenvalue weighted by molar-refractivity contribution is 6.00. The number of carbonyl (C=O) groups excluding carboxylic acids is 2. The van der Waals surface area contributed by atoms with Crippen molar-refractivity contribution in [2.24, 2.45) is 4.99 Å². The van der Waals surface area contributed by atoms with Gasteiger partial charge in [-0.05, 0) is 68.1 Å². The van der Waals surface area contributed by atoms with E-state index < -0.39 is 29.2 Å². The van der Waals surface area contributed by atoms with E-state index in [0.29, 0.717) is 24.3 Å². The van der Waals surface area contributed by atoms with E-state index in [1.165, 1.54) is 7.11 Å². The molecule has 0 aromatic heterocycles. The largest absolute Gasteiger partial charge is 0.494 e. The number of aliphatic hydroxyl groups excluding tert-OH is 1. The van der Waals surface area contributed by atoms with Crippen molar-refractivity contribution in [3.8, 4) is 16.9 Å². The molecule has 216 valence electrons. The van der Waals surface area contributed by atoms with Crippen molar-refractivity contribution < 1.29 is 33.6 Å². The number of benzene rings is 3. The van der Waals surface area contributed by atoms with Crippen LogP contribution in [0.3, 0.4) is 0 Å². The van der Waals surface area contributed by atoms with E-state index in [0.717, 1.165) is 16.7 Å². The molecule has 3 aromatic rings. The van der Waals surface area contributed by atoms with Gasteiger partial charge in [0.25, 0.3) is 0 Å². The van der Waals surface area contributed by atoms with Gasteiger partial charge in [-0.3, -0.25) is 4.79 Å². The van der Waals surface area contributed by atoms with Crippen LogP contribution in [0.1, 0.15) is 57.3 Å². The third-order valence-corrected chi connectivity index (χ3v) is 6.63. The quantitative estimate of drug-likeness (QED) is 0.239. The number of nitrogens with zero attached hydrogens (tertiary/aromatic N) is 1. The van der Waals surface area contributed by atoms with Gasteiger partial charge in [0, 0.05) is 25.0 Å². The molecular formula is C33H37NO7. The molecule has 0 saturated heterocycles. The molecule has 41 heavy (non-hydrogen) atoms. The van der Waals surface area contributed by atoms with Crippen molar-refractivity contribution >= 4 is 17.8 Å². The minimum absolute atomic E-state index is 0.0333. The zero-order valence-corrected chi connectivity index (χ0v) is 24.0. The second-order valence-corrected chi connectivity index (χ2v) is 10.9. The summed E-state index contributed by atoms with van der Waals surface area (Å²) in [6, 6.07) is 24.9. The summed E-state index contributed by atoms with van der Waals surface area (Å²) in [5.74, 6) is -0.138. The predicted octanol–water partition coefficient (Wildman–Crippen LogP) is 5.67. The van der Waals surface area contributed by atoms with Crippen LogP contribution in [-0.2, 0) is 23.8 Å². The molecule has 1 aliphatic heterocycles. The van der Waals surface area contributed by atoms with Crippen LogP contribution in [0.25, 0.3) is 11.1 Å². The predicted molar refractivity (Wildman–Crippen MR) is 156 cm³/mol. The number of aliphatic imine (C=N–C) groups is 1. The highest BCUT2D eigenvalue weighted by atomic mass is 16.6. The molecule has 8 heteroatoms. The first-order valence-corrected chi connectivity index (χ1v) is 13.7. The molecular weight excluding hydrogens is 522 g/mol.